The molecule has 1 aliphatic heterocycles. The first-order chi connectivity index (χ1) is 14.7. The number of thiophene rings is 1. The maximum Gasteiger partial charge on any atom is 0.242 e. The second kappa shape index (κ2) is 11.3. The van der Waals surface area contributed by atoms with Crippen molar-refractivity contribution < 1.29 is 9.59 Å². The molecule has 1 aromatic heterocycles. The van der Waals surface area contributed by atoms with Crippen LogP contribution >= 0.6 is 11.3 Å². The number of benzene rings is 1. The average Bonchev–Trinajstić information content (AvgIpc) is 3.25. The van der Waals surface area contributed by atoms with Gasteiger partial charge in [-0.05, 0) is 41.8 Å². The van der Waals surface area contributed by atoms with Gasteiger partial charge in [0, 0.05) is 24.4 Å². The third-order valence-corrected chi connectivity index (χ3v) is 6.85. The van der Waals surface area contributed by atoms with Gasteiger partial charge < -0.3 is 9.80 Å². The molecule has 30 heavy (non-hydrogen) atoms. The third kappa shape index (κ3) is 5.51. The Bertz CT molecular complexity index is 818. The van der Waals surface area contributed by atoms with Gasteiger partial charge in [-0.15, -0.1) is 11.3 Å². The minimum absolute atomic E-state index is 0.0562. The van der Waals surface area contributed by atoms with Crippen LogP contribution in [0.4, 0.5) is 0 Å². The van der Waals surface area contributed by atoms with Crippen LogP contribution in [0.3, 0.4) is 0 Å². The summed E-state index contributed by atoms with van der Waals surface area (Å²) in [5.74, 6) is 0.176. The summed E-state index contributed by atoms with van der Waals surface area (Å²) in [5, 5.41) is 2.12. The molecule has 4 nitrogen and oxygen atoms in total. The van der Waals surface area contributed by atoms with Gasteiger partial charge >= 0.3 is 0 Å². The monoisotopic (exact) mass is 426 g/mol. The van der Waals surface area contributed by atoms with E-state index in [1.807, 2.05) is 23.1 Å². The fraction of sp³-hybridized carbons (Fsp3) is 0.520. The van der Waals surface area contributed by atoms with Gasteiger partial charge in [0.2, 0.25) is 11.8 Å². The molecule has 3 rings (SSSR count). The highest BCUT2D eigenvalue weighted by Gasteiger charge is 2.33. The van der Waals surface area contributed by atoms with Crippen molar-refractivity contribution in [3.63, 3.8) is 0 Å². The van der Waals surface area contributed by atoms with Crippen molar-refractivity contribution in [2.24, 2.45) is 0 Å². The number of carbonyl (C=O) groups is 2. The fourth-order valence-corrected chi connectivity index (χ4v) is 5.06. The molecule has 2 heterocycles. The van der Waals surface area contributed by atoms with Crippen molar-refractivity contribution in [1.82, 2.24) is 9.80 Å². The van der Waals surface area contributed by atoms with Crippen LogP contribution in [0.5, 0.6) is 0 Å². The molecule has 1 unspecified atom stereocenters. The predicted octanol–water partition coefficient (Wildman–Crippen LogP) is 5.43. The van der Waals surface area contributed by atoms with E-state index in [2.05, 4.69) is 37.4 Å². The third-order valence-electron chi connectivity index (χ3n) is 5.86. The number of hydrogen-bond donors (Lipinski definition) is 0. The molecule has 5 heteroatoms. The van der Waals surface area contributed by atoms with E-state index in [0.29, 0.717) is 19.5 Å². The number of fused-ring (bicyclic) bond motifs is 1. The van der Waals surface area contributed by atoms with E-state index in [1.165, 1.54) is 10.4 Å². The minimum atomic E-state index is -0.0584. The first-order valence-electron chi connectivity index (χ1n) is 11.3. The van der Waals surface area contributed by atoms with Gasteiger partial charge in [-0.3, -0.25) is 9.59 Å². The number of hydrogen-bond acceptors (Lipinski definition) is 3. The molecule has 1 atom stereocenters. The lowest BCUT2D eigenvalue weighted by Gasteiger charge is -2.37. The van der Waals surface area contributed by atoms with Gasteiger partial charge in [-0.1, -0.05) is 63.4 Å². The Kier molecular flexibility index (Phi) is 8.50. The quantitative estimate of drug-likeness (QED) is 0.475. The second-order valence-corrected chi connectivity index (χ2v) is 9.08. The summed E-state index contributed by atoms with van der Waals surface area (Å²) >= 11 is 1.78. The fourth-order valence-electron chi connectivity index (χ4n) is 4.16. The lowest BCUT2D eigenvalue weighted by atomic mass is 9.93. The normalized spacial score (nSPS) is 15.7. The van der Waals surface area contributed by atoms with E-state index in [4.69, 9.17) is 0 Å². The molecule has 0 N–H and O–H groups in total. The second-order valence-electron chi connectivity index (χ2n) is 8.08. The van der Waals surface area contributed by atoms with Crippen molar-refractivity contribution >= 4 is 23.2 Å². The van der Waals surface area contributed by atoms with E-state index >= 15 is 0 Å². The number of carbonyl (C=O) groups excluding carboxylic acids is 2. The maximum absolute atomic E-state index is 13.5. The summed E-state index contributed by atoms with van der Waals surface area (Å²) in [6.07, 6.45) is 6.44. The molecular formula is C25H34N2O2S. The Hall–Kier alpha value is -2.14. The standard InChI is InChI=1S/C25H34N2O2S/c1-3-5-8-13-23(28)26(16-6-4-2)19-24(29)27-17-14-22-21(15-18-30-22)25(27)20-11-9-7-10-12-20/h7,9-12,15,18,25H,3-6,8,13-14,16-17,19H2,1-2H3. The molecule has 2 amide bonds. The number of nitrogens with zero attached hydrogens (tertiary/aromatic N) is 2. The predicted molar refractivity (Wildman–Crippen MR) is 124 cm³/mol. The van der Waals surface area contributed by atoms with E-state index < -0.39 is 0 Å². The van der Waals surface area contributed by atoms with Gasteiger partial charge in [0.05, 0.1) is 12.6 Å². The van der Waals surface area contributed by atoms with Crippen LogP contribution in [0.1, 0.15) is 74.4 Å². The summed E-state index contributed by atoms with van der Waals surface area (Å²) < 4.78 is 0. The SMILES string of the molecule is CCCCCC(=O)N(CCCC)CC(=O)N1CCc2sccc2C1c1ccccc1. The van der Waals surface area contributed by atoms with Crippen LogP contribution in [-0.4, -0.2) is 41.2 Å². The molecule has 162 valence electrons. The van der Waals surface area contributed by atoms with Gasteiger partial charge in [-0.25, -0.2) is 0 Å². The molecule has 1 aliphatic rings. The minimum Gasteiger partial charge on any atom is -0.333 e. The molecule has 0 fully saturated rings. The highest BCUT2D eigenvalue weighted by Crippen LogP contribution is 2.37. The molecule has 0 radical (unpaired) electrons. The summed E-state index contributed by atoms with van der Waals surface area (Å²) in [5.41, 5.74) is 2.37. The van der Waals surface area contributed by atoms with Gasteiger partial charge in [0.25, 0.3) is 0 Å². The van der Waals surface area contributed by atoms with Crippen LogP contribution in [0.15, 0.2) is 41.8 Å². The number of amides is 2. The van der Waals surface area contributed by atoms with Crippen LogP contribution in [0.25, 0.3) is 0 Å². The molecule has 2 aromatic rings. The first-order valence-corrected chi connectivity index (χ1v) is 12.2. The molecule has 1 aromatic carbocycles. The van der Waals surface area contributed by atoms with E-state index in [1.54, 1.807) is 16.2 Å². The van der Waals surface area contributed by atoms with Gasteiger partial charge in [-0.2, -0.15) is 0 Å². The van der Waals surface area contributed by atoms with E-state index in [-0.39, 0.29) is 24.4 Å². The largest absolute Gasteiger partial charge is 0.333 e. The molecule has 0 bridgehead atoms. The van der Waals surface area contributed by atoms with Crippen molar-refractivity contribution in [2.45, 2.75) is 64.8 Å². The van der Waals surface area contributed by atoms with Crippen LogP contribution in [-0.2, 0) is 16.0 Å². The zero-order valence-electron chi connectivity index (χ0n) is 18.3. The summed E-state index contributed by atoms with van der Waals surface area (Å²) in [6.45, 7) is 5.82. The van der Waals surface area contributed by atoms with E-state index in [9.17, 15) is 9.59 Å². The van der Waals surface area contributed by atoms with Crippen LogP contribution in [0, 0.1) is 0 Å². The topological polar surface area (TPSA) is 40.6 Å². The number of rotatable bonds is 10. The number of unbranched alkanes of at least 4 members (excludes halogenated alkanes) is 3. The molecule has 0 saturated heterocycles. The van der Waals surface area contributed by atoms with Crippen LogP contribution < -0.4 is 0 Å². The zero-order valence-corrected chi connectivity index (χ0v) is 19.1. The maximum atomic E-state index is 13.5. The van der Waals surface area contributed by atoms with Crippen LogP contribution in [0.2, 0.25) is 0 Å². The lowest BCUT2D eigenvalue weighted by Crippen LogP contribution is -2.47. The van der Waals surface area contributed by atoms with Crippen molar-refractivity contribution in [2.75, 3.05) is 19.6 Å². The highest BCUT2D eigenvalue weighted by molar-refractivity contribution is 7.10. The zero-order chi connectivity index (χ0) is 21.3. The summed E-state index contributed by atoms with van der Waals surface area (Å²) in [6, 6.07) is 12.4. The smallest absolute Gasteiger partial charge is 0.242 e. The Morgan fingerprint density at radius 2 is 1.83 bits per heavy atom. The summed E-state index contributed by atoms with van der Waals surface area (Å²) in [7, 11) is 0. The molecule has 0 aliphatic carbocycles. The van der Waals surface area contributed by atoms with Crippen molar-refractivity contribution in [1.29, 1.82) is 0 Å². The van der Waals surface area contributed by atoms with E-state index in [0.717, 1.165) is 44.1 Å². The van der Waals surface area contributed by atoms with Crippen molar-refractivity contribution in [3.05, 3.63) is 57.8 Å². The Balaban J connectivity index is 1.77. The Labute approximate surface area is 184 Å². The lowest BCUT2D eigenvalue weighted by molar-refractivity contribution is -0.141. The summed E-state index contributed by atoms with van der Waals surface area (Å²) in [4.78, 5) is 31.4. The highest BCUT2D eigenvalue weighted by atomic mass is 32.1. The van der Waals surface area contributed by atoms with Gasteiger partial charge in [0.1, 0.15) is 0 Å². The average molecular weight is 427 g/mol. The first kappa shape index (κ1) is 22.5. The Morgan fingerprint density at radius 1 is 1.07 bits per heavy atom. The molecular weight excluding hydrogens is 392 g/mol. The Morgan fingerprint density at radius 3 is 2.57 bits per heavy atom. The van der Waals surface area contributed by atoms with Gasteiger partial charge in [0.15, 0.2) is 0 Å². The molecule has 0 spiro atoms. The molecule has 0 saturated carbocycles. The van der Waals surface area contributed by atoms with Crippen molar-refractivity contribution in [3.8, 4) is 0 Å².